The molecule has 0 saturated carbocycles. The van der Waals surface area contributed by atoms with E-state index in [4.69, 9.17) is 0 Å². The molecule has 1 rings (SSSR count). The van der Waals surface area contributed by atoms with Gasteiger partial charge in [0.2, 0.25) is 0 Å². The molecule has 0 aromatic carbocycles. The second-order valence-corrected chi connectivity index (χ2v) is 7.30. The van der Waals surface area contributed by atoms with Gasteiger partial charge in [-0.15, -0.1) is 0 Å². The molecule has 15 heavy (non-hydrogen) atoms. The Labute approximate surface area is 109 Å². The molecule has 0 aliphatic rings. The third-order valence-corrected chi connectivity index (χ3v) is 5.20. The molecular formula is C10H17BrN2S2. The highest BCUT2D eigenvalue weighted by Gasteiger charge is 2.23. The number of nitrogens with zero attached hydrogens (tertiary/aromatic N) is 2. The lowest BCUT2D eigenvalue weighted by atomic mass is 9.83. The zero-order valence-corrected chi connectivity index (χ0v) is 12.8. The van der Waals surface area contributed by atoms with E-state index >= 15 is 0 Å². The lowest BCUT2D eigenvalue weighted by molar-refractivity contribution is 0.295. The van der Waals surface area contributed by atoms with Gasteiger partial charge in [-0.05, 0) is 29.8 Å². The van der Waals surface area contributed by atoms with Gasteiger partial charge in [0.1, 0.15) is 5.82 Å². The summed E-state index contributed by atoms with van der Waals surface area (Å²) in [4.78, 5) is 4.35. The fourth-order valence-corrected chi connectivity index (χ4v) is 4.65. The van der Waals surface area contributed by atoms with Crippen molar-refractivity contribution in [3.8, 4) is 0 Å². The molecule has 0 amide bonds. The number of hydrogen-bond acceptors (Lipinski definition) is 4. The second kappa shape index (κ2) is 5.64. The number of aryl methyl sites for hydroxylation is 1. The van der Waals surface area contributed by atoms with Crippen LogP contribution in [0.2, 0.25) is 0 Å². The largest absolute Gasteiger partial charge is 0.213 e. The summed E-state index contributed by atoms with van der Waals surface area (Å²) in [6.07, 6.45) is 0. The molecule has 1 aromatic heterocycles. The monoisotopic (exact) mass is 308 g/mol. The summed E-state index contributed by atoms with van der Waals surface area (Å²) in [5, 5.41) is 1.04. The Bertz CT molecular complexity index is 307. The quantitative estimate of drug-likeness (QED) is 0.621. The molecular weight excluding hydrogens is 292 g/mol. The van der Waals surface area contributed by atoms with Crippen LogP contribution in [-0.2, 0) is 0 Å². The number of thioether (sulfide) groups is 1. The summed E-state index contributed by atoms with van der Waals surface area (Å²) in [6.45, 7) is 8.78. The Morgan fingerprint density at radius 2 is 2.13 bits per heavy atom. The Morgan fingerprint density at radius 3 is 2.53 bits per heavy atom. The average Bonchev–Trinajstić information content (AvgIpc) is 2.50. The van der Waals surface area contributed by atoms with Crippen LogP contribution in [-0.4, -0.2) is 20.4 Å². The van der Waals surface area contributed by atoms with Crippen LogP contribution in [0.4, 0.5) is 0 Å². The van der Waals surface area contributed by atoms with Crippen LogP contribution in [0.5, 0.6) is 0 Å². The van der Waals surface area contributed by atoms with E-state index in [-0.39, 0.29) is 0 Å². The van der Waals surface area contributed by atoms with E-state index in [0.29, 0.717) is 11.3 Å². The van der Waals surface area contributed by atoms with Crippen molar-refractivity contribution in [1.82, 2.24) is 9.36 Å². The van der Waals surface area contributed by atoms with Gasteiger partial charge in [-0.3, -0.25) is 0 Å². The predicted octanol–water partition coefficient (Wildman–Crippen LogP) is 4.00. The molecule has 0 fully saturated rings. The highest BCUT2D eigenvalue weighted by molar-refractivity contribution is 9.09. The predicted molar refractivity (Wildman–Crippen MR) is 72.1 cm³/mol. The fourth-order valence-electron chi connectivity index (χ4n) is 1.03. The summed E-state index contributed by atoms with van der Waals surface area (Å²) < 4.78 is 5.27. The van der Waals surface area contributed by atoms with Gasteiger partial charge in [0.05, 0.1) is 0 Å². The molecule has 1 unspecified atom stereocenters. The minimum atomic E-state index is 0.343. The summed E-state index contributed by atoms with van der Waals surface area (Å²) in [7, 11) is 0. The van der Waals surface area contributed by atoms with Crippen LogP contribution >= 0.6 is 39.2 Å². The van der Waals surface area contributed by atoms with Crippen molar-refractivity contribution < 1.29 is 0 Å². The number of rotatable bonds is 4. The average molecular weight is 309 g/mol. The molecule has 0 spiro atoms. The van der Waals surface area contributed by atoms with E-state index in [0.717, 1.165) is 21.2 Å². The van der Waals surface area contributed by atoms with E-state index in [9.17, 15) is 0 Å². The Kier molecular flexibility index (Phi) is 5.06. The van der Waals surface area contributed by atoms with Crippen molar-refractivity contribution in [1.29, 1.82) is 0 Å². The maximum Gasteiger partial charge on any atom is 0.170 e. The van der Waals surface area contributed by atoms with Crippen molar-refractivity contribution in [2.45, 2.75) is 32.0 Å². The molecule has 5 heteroatoms. The topological polar surface area (TPSA) is 25.8 Å². The first-order valence-corrected chi connectivity index (χ1v) is 7.80. The van der Waals surface area contributed by atoms with Gasteiger partial charge in [-0.1, -0.05) is 48.5 Å². The molecule has 1 heterocycles. The molecule has 1 aromatic rings. The molecule has 2 nitrogen and oxygen atoms in total. The smallest absolute Gasteiger partial charge is 0.170 e. The number of halogens is 1. The Balaban J connectivity index is 2.48. The van der Waals surface area contributed by atoms with Crippen LogP contribution in [0.1, 0.15) is 26.6 Å². The summed E-state index contributed by atoms with van der Waals surface area (Å²) in [5.74, 6) is 2.64. The minimum absolute atomic E-state index is 0.343. The van der Waals surface area contributed by atoms with Crippen LogP contribution in [0.3, 0.4) is 0 Å². The van der Waals surface area contributed by atoms with E-state index < -0.39 is 0 Å². The molecule has 0 N–H and O–H groups in total. The standard InChI is InChI=1S/C10H17BrN2S2/c1-7-12-9(15-13-7)14-6-8(5-11)10(2,3)4/h8H,5-6H2,1-4H3. The first-order valence-electron chi connectivity index (χ1n) is 4.92. The van der Waals surface area contributed by atoms with Crippen LogP contribution < -0.4 is 0 Å². The Hall–Kier alpha value is 0.390. The van der Waals surface area contributed by atoms with Crippen LogP contribution in [0, 0.1) is 18.3 Å². The molecule has 0 aliphatic heterocycles. The van der Waals surface area contributed by atoms with Gasteiger partial charge in [-0.25, -0.2) is 4.98 Å². The Morgan fingerprint density at radius 1 is 1.47 bits per heavy atom. The van der Waals surface area contributed by atoms with Crippen LogP contribution in [0.15, 0.2) is 4.34 Å². The maximum absolute atomic E-state index is 4.35. The number of hydrogen-bond donors (Lipinski definition) is 0. The van der Waals surface area contributed by atoms with E-state index in [1.54, 1.807) is 0 Å². The summed E-state index contributed by atoms with van der Waals surface area (Å²) >= 11 is 6.90. The summed E-state index contributed by atoms with van der Waals surface area (Å²) in [6, 6.07) is 0. The maximum atomic E-state index is 4.35. The summed E-state index contributed by atoms with van der Waals surface area (Å²) in [5.41, 5.74) is 0.343. The van der Waals surface area contributed by atoms with Crippen molar-refractivity contribution >= 4 is 39.2 Å². The van der Waals surface area contributed by atoms with Gasteiger partial charge in [-0.2, -0.15) is 4.37 Å². The highest BCUT2D eigenvalue weighted by atomic mass is 79.9. The zero-order valence-electron chi connectivity index (χ0n) is 9.58. The molecule has 86 valence electrons. The molecule has 0 saturated heterocycles. The molecule has 0 radical (unpaired) electrons. The fraction of sp³-hybridized carbons (Fsp3) is 0.800. The van der Waals surface area contributed by atoms with Crippen molar-refractivity contribution in [3.63, 3.8) is 0 Å². The van der Waals surface area contributed by atoms with E-state index in [1.807, 2.05) is 18.7 Å². The van der Waals surface area contributed by atoms with Gasteiger partial charge < -0.3 is 0 Å². The van der Waals surface area contributed by atoms with Gasteiger partial charge in [0.15, 0.2) is 4.34 Å². The van der Waals surface area contributed by atoms with Crippen LogP contribution in [0.25, 0.3) is 0 Å². The number of alkyl halides is 1. The molecule has 1 atom stereocenters. The lowest BCUT2D eigenvalue weighted by Gasteiger charge is -2.28. The molecule has 0 bridgehead atoms. The van der Waals surface area contributed by atoms with Gasteiger partial charge >= 0.3 is 0 Å². The first kappa shape index (κ1) is 13.5. The third-order valence-electron chi connectivity index (χ3n) is 2.33. The van der Waals surface area contributed by atoms with Gasteiger partial charge in [0.25, 0.3) is 0 Å². The van der Waals surface area contributed by atoms with Crippen molar-refractivity contribution in [3.05, 3.63) is 5.82 Å². The third kappa shape index (κ3) is 4.41. The normalized spacial score (nSPS) is 14.2. The zero-order chi connectivity index (χ0) is 11.5. The lowest BCUT2D eigenvalue weighted by Crippen LogP contribution is -2.23. The minimum Gasteiger partial charge on any atom is -0.213 e. The van der Waals surface area contributed by atoms with Gasteiger partial charge in [0, 0.05) is 11.1 Å². The van der Waals surface area contributed by atoms with E-state index in [2.05, 4.69) is 46.1 Å². The first-order chi connectivity index (χ1) is 6.93. The van der Waals surface area contributed by atoms with E-state index in [1.165, 1.54) is 11.5 Å². The second-order valence-electron chi connectivity index (χ2n) is 4.64. The molecule has 0 aliphatic carbocycles. The van der Waals surface area contributed by atoms with Crippen molar-refractivity contribution in [2.24, 2.45) is 11.3 Å². The number of aromatic nitrogens is 2. The SMILES string of the molecule is Cc1nsc(SCC(CBr)C(C)(C)C)n1. The highest BCUT2D eigenvalue weighted by Crippen LogP contribution is 2.33. The van der Waals surface area contributed by atoms with Crippen molar-refractivity contribution in [2.75, 3.05) is 11.1 Å².